The Kier molecular flexibility index (Phi) is 8.10. The molecule has 0 spiro atoms. The van der Waals surface area contributed by atoms with E-state index in [1.807, 2.05) is 30.3 Å². The highest BCUT2D eigenvalue weighted by Gasteiger charge is 1.99. The average Bonchev–Trinajstić information content (AvgIpc) is 2.45. The predicted octanol–water partition coefficient (Wildman–Crippen LogP) is 3.14. The van der Waals surface area contributed by atoms with E-state index in [9.17, 15) is 4.79 Å². The van der Waals surface area contributed by atoms with E-state index in [1.165, 1.54) is 19.3 Å². The molecule has 104 valence electrons. The van der Waals surface area contributed by atoms with Gasteiger partial charge in [-0.3, -0.25) is 4.79 Å². The highest BCUT2D eigenvalue weighted by Crippen LogP contribution is 2.07. The van der Waals surface area contributed by atoms with Crippen molar-refractivity contribution < 1.29 is 9.53 Å². The van der Waals surface area contributed by atoms with E-state index in [0.717, 1.165) is 12.8 Å². The second-order valence-corrected chi connectivity index (χ2v) is 4.30. The number of hydrogen-bond acceptors (Lipinski definition) is 3. The molecule has 0 bridgehead atoms. The first kappa shape index (κ1) is 15.2. The van der Waals surface area contributed by atoms with Crippen LogP contribution in [-0.2, 0) is 4.79 Å². The van der Waals surface area contributed by atoms with Gasteiger partial charge in [-0.2, -0.15) is 5.10 Å². The molecule has 0 unspecified atom stereocenters. The summed E-state index contributed by atoms with van der Waals surface area (Å²) >= 11 is 0. The summed E-state index contributed by atoms with van der Waals surface area (Å²) in [5, 5.41) is 3.88. The second-order valence-electron chi connectivity index (χ2n) is 4.30. The standard InChI is InChI=1S/C15H22N2O2/c1-2-3-4-5-9-12-16-17-15(18)13-19-14-10-7-6-8-11-14/h6-8,10-12H,2-5,9,13H2,1H3,(H,17,18). The van der Waals surface area contributed by atoms with Gasteiger partial charge < -0.3 is 4.74 Å². The second kappa shape index (κ2) is 10.1. The summed E-state index contributed by atoms with van der Waals surface area (Å²) < 4.78 is 5.29. The Balaban J connectivity index is 2.06. The van der Waals surface area contributed by atoms with Gasteiger partial charge in [0, 0.05) is 6.21 Å². The van der Waals surface area contributed by atoms with Crippen LogP contribution in [0.2, 0.25) is 0 Å². The van der Waals surface area contributed by atoms with E-state index in [0.29, 0.717) is 5.75 Å². The Morgan fingerprint density at radius 2 is 2.05 bits per heavy atom. The maximum absolute atomic E-state index is 11.4. The van der Waals surface area contributed by atoms with E-state index in [1.54, 1.807) is 6.21 Å². The molecule has 4 heteroatoms. The summed E-state index contributed by atoms with van der Waals surface area (Å²) in [5.41, 5.74) is 2.45. The van der Waals surface area contributed by atoms with Crippen LogP contribution >= 0.6 is 0 Å². The molecule has 0 aliphatic rings. The Bertz CT molecular complexity index is 377. The van der Waals surface area contributed by atoms with Gasteiger partial charge in [0.1, 0.15) is 5.75 Å². The minimum absolute atomic E-state index is 0.0167. The van der Waals surface area contributed by atoms with Crippen LogP contribution in [0.15, 0.2) is 35.4 Å². The molecule has 0 saturated carbocycles. The van der Waals surface area contributed by atoms with Crippen LogP contribution in [0.25, 0.3) is 0 Å². The van der Waals surface area contributed by atoms with Crippen molar-refractivity contribution in [2.45, 2.75) is 39.0 Å². The Morgan fingerprint density at radius 3 is 2.79 bits per heavy atom. The first-order chi connectivity index (χ1) is 9.33. The largest absolute Gasteiger partial charge is 0.484 e. The van der Waals surface area contributed by atoms with Crippen LogP contribution in [-0.4, -0.2) is 18.7 Å². The third-order valence-electron chi connectivity index (χ3n) is 2.58. The van der Waals surface area contributed by atoms with Gasteiger partial charge in [0.15, 0.2) is 6.61 Å². The zero-order chi connectivity index (χ0) is 13.8. The summed E-state index contributed by atoms with van der Waals surface area (Å²) in [5.74, 6) is 0.440. The van der Waals surface area contributed by atoms with Crippen molar-refractivity contribution in [2.75, 3.05) is 6.61 Å². The Labute approximate surface area is 114 Å². The molecule has 4 nitrogen and oxygen atoms in total. The number of rotatable bonds is 9. The van der Waals surface area contributed by atoms with Crippen molar-refractivity contribution >= 4 is 12.1 Å². The highest BCUT2D eigenvalue weighted by molar-refractivity contribution is 5.78. The number of ether oxygens (including phenoxy) is 1. The molecule has 0 fully saturated rings. The SMILES string of the molecule is CCCCCCC=NNC(=O)COc1ccccc1. The smallest absolute Gasteiger partial charge is 0.277 e. The fourth-order valence-electron chi connectivity index (χ4n) is 1.54. The molecule has 1 amide bonds. The van der Waals surface area contributed by atoms with Crippen LogP contribution in [0.4, 0.5) is 0 Å². The van der Waals surface area contributed by atoms with Gasteiger partial charge >= 0.3 is 0 Å². The summed E-state index contributed by atoms with van der Waals surface area (Å²) in [7, 11) is 0. The number of carbonyl (C=O) groups excluding carboxylic acids is 1. The summed E-state index contributed by atoms with van der Waals surface area (Å²) in [4.78, 5) is 11.4. The monoisotopic (exact) mass is 262 g/mol. The topological polar surface area (TPSA) is 50.7 Å². The molecular weight excluding hydrogens is 240 g/mol. The van der Waals surface area contributed by atoms with Crippen LogP contribution in [0.1, 0.15) is 39.0 Å². The minimum atomic E-state index is -0.242. The third kappa shape index (κ3) is 7.97. The Hall–Kier alpha value is -1.84. The van der Waals surface area contributed by atoms with E-state index < -0.39 is 0 Å². The van der Waals surface area contributed by atoms with Crippen molar-refractivity contribution in [3.05, 3.63) is 30.3 Å². The molecule has 1 aromatic rings. The average molecular weight is 262 g/mol. The van der Waals surface area contributed by atoms with Crippen LogP contribution in [0.3, 0.4) is 0 Å². The number of nitrogens with zero attached hydrogens (tertiary/aromatic N) is 1. The maximum atomic E-state index is 11.4. The summed E-state index contributed by atoms with van der Waals surface area (Å²) in [6, 6.07) is 9.24. The number of nitrogens with one attached hydrogen (secondary N) is 1. The highest BCUT2D eigenvalue weighted by atomic mass is 16.5. The van der Waals surface area contributed by atoms with Gasteiger partial charge in [0.25, 0.3) is 5.91 Å². The lowest BCUT2D eigenvalue weighted by molar-refractivity contribution is -0.123. The lowest BCUT2D eigenvalue weighted by Crippen LogP contribution is -2.24. The molecule has 1 rings (SSSR count). The van der Waals surface area contributed by atoms with Crippen molar-refractivity contribution in [1.82, 2.24) is 5.43 Å². The fourth-order valence-corrected chi connectivity index (χ4v) is 1.54. The number of hydrazone groups is 1. The molecule has 0 aromatic heterocycles. The number of benzene rings is 1. The molecule has 19 heavy (non-hydrogen) atoms. The lowest BCUT2D eigenvalue weighted by Gasteiger charge is -2.03. The van der Waals surface area contributed by atoms with Crippen molar-refractivity contribution in [2.24, 2.45) is 5.10 Å². The zero-order valence-corrected chi connectivity index (χ0v) is 11.5. The maximum Gasteiger partial charge on any atom is 0.277 e. The van der Waals surface area contributed by atoms with Crippen LogP contribution in [0.5, 0.6) is 5.75 Å². The predicted molar refractivity (Wildman–Crippen MR) is 77.3 cm³/mol. The van der Waals surface area contributed by atoms with Crippen molar-refractivity contribution in [3.8, 4) is 5.75 Å². The lowest BCUT2D eigenvalue weighted by atomic mass is 10.2. The molecule has 0 radical (unpaired) electrons. The number of para-hydroxylation sites is 1. The molecule has 0 heterocycles. The van der Waals surface area contributed by atoms with Gasteiger partial charge in [-0.05, 0) is 25.0 Å². The van der Waals surface area contributed by atoms with Gasteiger partial charge in [-0.1, -0.05) is 44.4 Å². The van der Waals surface area contributed by atoms with Crippen molar-refractivity contribution in [1.29, 1.82) is 0 Å². The van der Waals surface area contributed by atoms with E-state index in [2.05, 4.69) is 17.5 Å². The molecule has 1 aromatic carbocycles. The summed E-state index contributed by atoms with van der Waals surface area (Å²) in [6.07, 6.45) is 7.47. The van der Waals surface area contributed by atoms with Gasteiger partial charge in [0.2, 0.25) is 0 Å². The molecule has 0 aliphatic carbocycles. The van der Waals surface area contributed by atoms with Crippen molar-refractivity contribution in [3.63, 3.8) is 0 Å². The quantitative estimate of drug-likeness (QED) is 0.422. The fraction of sp³-hybridized carbons (Fsp3) is 0.467. The number of carbonyl (C=O) groups is 1. The Morgan fingerprint density at radius 1 is 1.26 bits per heavy atom. The first-order valence-electron chi connectivity index (χ1n) is 6.81. The minimum Gasteiger partial charge on any atom is -0.484 e. The number of hydrogen-bond donors (Lipinski definition) is 1. The number of unbranched alkanes of at least 4 members (excludes halogenated alkanes) is 4. The van der Waals surface area contributed by atoms with E-state index in [-0.39, 0.29) is 12.5 Å². The van der Waals surface area contributed by atoms with Gasteiger partial charge in [-0.15, -0.1) is 0 Å². The first-order valence-corrected chi connectivity index (χ1v) is 6.81. The normalized spacial score (nSPS) is 10.6. The van der Waals surface area contributed by atoms with Crippen LogP contribution in [0, 0.1) is 0 Å². The molecule has 1 N–H and O–H groups in total. The number of amides is 1. The summed E-state index contributed by atoms with van der Waals surface area (Å²) in [6.45, 7) is 2.16. The molecular formula is C15H22N2O2. The molecule has 0 saturated heterocycles. The molecule has 0 atom stereocenters. The van der Waals surface area contributed by atoms with Gasteiger partial charge in [-0.25, -0.2) is 5.43 Å². The van der Waals surface area contributed by atoms with E-state index >= 15 is 0 Å². The van der Waals surface area contributed by atoms with E-state index in [4.69, 9.17) is 4.74 Å². The molecule has 0 aliphatic heterocycles. The van der Waals surface area contributed by atoms with Crippen LogP contribution < -0.4 is 10.2 Å². The van der Waals surface area contributed by atoms with Gasteiger partial charge in [0.05, 0.1) is 0 Å². The zero-order valence-electron chi connectivity index (χ0n) is 11.5. The third-order valence-corrected chi connectivity index (χ3v) is 2.58.